The number of rotatable bonds is 4. The molecule has 0 radical (unpaired) electrons. The van der Waals surface area contributed by atoms with Crippen LogP contribution in [0.3, 0.4) is 0 Å². The van der Waals surface area contributed by atoms with Gasteiger partial charge < -0.3 is 10.6 Å². The third kappa shape index (κ3) is 3.77. The highest BCUT2D eigenvalue weighted by Gasteiger charge is 2.23. The summed E-state index contributed by atoms with van der Waals surface area (Å²) in [5.41, 5.74) is 0.846. The number of fused-ring (bicyclic) bond motifs is 1. The highest BCUT2D eigenvalue weighted by atomic mass is 32.1. The first-order valence-electron chi connectivity index (χ1n) is 7.57. The lowest BCUT2D eigenvalue weighted by atomic mass is 10.1. The predicted molar refractivity (Wildman–Crippen MR) is 94.9 cm³/mol. The van der Waals surface area contributed by atoms with Crippen molar-refractivity contribution in [2.24, 2.45) is 0 Å². The molecular weight excluding hydrogens is 362 g/mol. The molecule has 6 nitrogen and oxygen atoms in total. The number of aromatic nitrogens is 1. The molecule has 0 saturated carbocycles. The van der Waals surface area contributed by atoms with Gasteiger partial charge in [0.2, 0.25) is 5.91 Å². The molecule has 3 N–H and O–H groups in total. The molecule has 0 bridgehead atoms. The van der Waals surface area contributed by atoms with E-state index in [1.807, 2.05) is 24.3 Å². The smallest absolute Gasteiger partial charge is 0.321 e. The van der Waals surface area contributed by atoms with Crippen LogP contribution in [0, 0.1) is 11.6 Å². The topological polar surface area (TPSA) is 83.1 Å². The number of benzene rings is 2. The number of nitrogens with zero attached hydrogens (tertiary/aromatic N) is 1. The first-order chi connectivity index (χ1) is 12.5. The van der Waals surface area contributed by atoms with Crippen LogP contribution in [0.5, 0.6) is 0 Å². The minimum Gasteiger partial charge on any atom is -0.357 e. The van der Waals surface area contributed by atoms with Gasteiger partial charge in [-0.15, -0.1) is 0 Å². The van der Waals surface area contributed by atoms with Gasteiger partial charge in [0.1, 0.15) is 6.04 Å². The first-order valence-corrected chi connectivity index (χ1v) is 8.39. The zero-order valence-electron chi connectivity index (χ0n) is 13.5. The lowest BCUT2D eigenvalue weighted by Gasteiger charge is -2.17. The molecule has 9 heteroatoms. The molecule has 0 aliphatic heterocycles. The van der Waals surface area contributed by atoms with Crippen LogP contribution in [0.15, 0.2) is 42.5 Å². The summed E-state index contributed by atoms with van der Waals surface area (Å²) in [7, 11) is 1.38. The van der Waals surface area contributed by atoms with E-state index in [1.165, 1.54) is 24.5 Å². The Hall–Kier alpha value is -3.07. The van der Waals surface area contributed by atoms with Gasteiger partial charge in [-0.1, -0.05) is 29.5 Å². The van der Waals surface area contributed by atoms with E-state index in [0.717, 1.165) is 22.3 Å². The van der Waals surface area contributed by atoms with Gasteiger partial charge in [0, 0.05) is 7.05 Å². The quantitative estimate of drug-likeness (QED) is 0.654. The average molecular weight is 376 g/mol. The number of thiazole rings is 1. The molecule has 3 amide bonds. The van der Waals surface area contributed by atoms with Crippen molar-refractivity contribution in [2.75, 3.05) is 12.4 Å². The molecule has 1 aromatic heterocycles. The summed E-state index contributed by atoms with van der Waals surface area (Å²) in [5, 5.41) is 7.71. The van der Waals surface area contributed by atoms with E-state index in [4.69, 9.17) is 0 Å². The van der Waals surface area contributed by atoms with Crippen molar-refractivity contribution in [1.29, 1.82) is 0 Å². The van der Waals surface area contributed by atoms with E-state index in [-0.39, 0.29) is 5.56 Å². The molecule has 26 heavy (non-hydrogen) atoms. The average Bonchev–Trinajstić information content (AvgIpc) is 3.03. The number of anilines is 1. The minimum atomic E-state index is -1.19. The van der Waals surface area contributed by atoms with Crippen molar-refractivity contribution < 1.29 is 18.4 Å². The van der Waals surface area contributed by atoms with Crippen LogP contribution in [-0.4, -0.2) is 24.0 Å². The van der Waals surface area contributed by atoms with E-state index in [2.05, 4.69) is 20.9 Å². The third-order valence-corrected chi connectivity index (χ3v) is 4.53. The second-order valence-corrected chi connectivity index (χ2v) is 6.34. The number of urea groups is 1. The van der Waals surface area contributed by atoms with Crippen molar-refractivity contribution >= 4 is 38.6 Å². The number of amides is 3. The van der Waals surface area contributed by atoms with Gasteiger partial charge >= 0.3 is 6.03 Å². The molecular formula is C17H14F2N4O2S. The van der Waals surface area contributed by atoms with Crippen molar-refractivity contribution in [2.45, 2.75) is 6.04 Å². The van der Waals surface area contributed by atoms with Crippen molar-refractivity contribution in [1.82, 2.24) is 15.6 Å². The summed E-state index contributed by atoms with van der Waals surface area (Å²) < 4.78 is 27.5. The van der Waals surface area contributed by atoms with Gasteiger partial charge in [-0.3, -0.25) is 10.1 Å². The van der Waals surface area contributed by atoms with E-state index in [0.29, 0.717) is 5.13 Å². The van der Waals surface area contributed by atoms with Crippen LogP contribution in [0.1, 0.15) is 11.6 Å². The van der Waals surface area contributed by atoms with Crippen molar-refractivity contribution in [3.63, 3.8) is 0 Å². The number of nitrogens with one attached hydrogen (secondary N) is 3. The fourth-order valence-electron chi connectivity index (χ4n) is 2.33. The van der Waals surface area contributed by atoms with E-state index in [1.54, 1.807) is 0 Å². The molecule has 1 heterocycles. The standard InChI is InChI=1S/C17H14F2N4O2S/c1-20-15(24)14(9-6-7-10(18)11(19)8-9)22-16(25)23-17-21-12-4-2-3-5-13(12)26-17/h2-8,14H,1H3,(H,20,24)(H2,21,22,23,25). The lowest BCUT2D eigenvalue weighted by Crippen LogP contribution is -2.41. The Morgan fingerprint density at radius 1 is 1.12 bits per heavy atom. The van der Waals surface area contributed by atoms with Crippen molar-refractivity contribution in [3.8, 4) is 0 Å². The molecule has 0 aliphatic rings. The van der Waals surface area contributed by atoms with E-state index in [9.17, 15) is 18.4 Å². The summed E-state index contributed by atoms with van der Waals surface area (Å²) in [6.45, 7) is 0. The molecule has 2 aromatic carbocycles. The highest BCUT2D eigenvalue weighted by Crippen LogP contribution is 2.25. The maximum atomic E-state index is 13.5. The summed E-state index contributed by atoms with van der Waals surface area (Å²) >= 11 is 1.27. The Balaban J connectivity index is 1.78. The molecule has 3 rings (SSSR count). The van der Waals surface area contributed by atoms with E-state index >= 15 is 0 Å². The summed E-state index contributed by atoms with van der Waals surface area (Å²) in [6, 6.07) is 8.48. The Labute approximate surface area is 151 Å². The monoisotopic (exact) mass is 376 g/mol. The normalized spacial score (nSPS) is 11.8. The number of hydrogen-bond donors (Lipinski definition) is 3. The molecule has 0 spiro atoms. The number of carbonyl (C=O) groups excluding carboxylic acids is 2. The number of halogens is 2. The van der Waals surface area contributed by atoms with Crippen molar-refractivity contribution in [3.05, 3.63) is 59.7 Å². The maximum Gasteiger partial charge on any atom is 0.321 e. The molecule has 1 atom stereocenters. The van der Waals surface area contributed by atoms with Crippen LogP contribution in [-0.2, 0) is 4.79 Å². The number of likely N-dealkylation sites (N-methyl/N-ethyl adjacent to an activating group) is 1. The third-order valence-electron chi connectivity index (χ3n) is 3.58. The van der Waals surface area contributed by atoms with Gasteiger partial charge in [0.05, 0.1) is 10.2 Å². The summed E-state index contributed by atoms with van der Waals surface area (Å²) in [5.74, 6) is -2.72. The minimum absolute atomic E-state index is 0.114. The Morgan fingerprint density at radius 3 is 2.58 bits per heavy atom. The fourth-order valence-corrected chi connectivity index (χ4v) is 3.19. The largest absolute Gasteiger partial charge is 0.357 e. The summed E-state index contributed by atoms with van der Waals surface area (Å²) in [4.78, 5) is 28.6. The van der Waals surface area contributed by atoms with Gasteiger partial charge in [-0.2, -0.15) is 0 Å². The Bertz CT molecular complexity index is 943. The summed E-state index contributed by atoms with van der Waals surface area (Å²) in [6.07, 6.45) is 0. The Kier molecular flexibility index (Phi) is 5.08. The fraction of sp³-hybridized carbons (Fsp3) is 0.118. The van der Waals surface area contributed by atoms with Crippen LogP contribution in [0.25, 0.3) is 10.2 Å². The Morgan fingerprint density at radius 2 is 1.88 bits per heavy atom. The van der Waals surface area contributed by atoms with Crippen LogP contribution >= 0.6 is 11.3 Å². The first kappa shape index (κ1) is 17.7. The second kappa shape index (κ2) is 7.44. The number of carbonyl (C=O) groups is 2. The second-order valence-electron chi connectivity index (χ2n) is 5.31. The van der Waals surface area contributed by atoms with Crippen LogP contribution in [0.2, 0.25) is 0 Å². The molecule has 1 unspecified atom stereocenters. The van der Waals surface area contributed by atoms with Crippen LogP contribution < -0.4 is 16.0 Å². The highest BCUT2D eigenvalue weighted by molar-refractivity contribution is 7.22. The molecule has 0 fully saturated rings. The maximum absolute atomic E-state index is 13.5. The van der Waals surface area contributed by atoms with Gasteiger partial charge in [0.25, 0.3) is 0 Å². The predicted octanol–water partition coefficient (Wildman–Crippen LogP) is 3.18. The molecule has 134 valence electrons. The van der Waals surface area contributed by atoms with Crippen LogP contribution in [0.4, 0.5) is 18.7 Å². The van der Waals surface area contributed by atoms with Gasteiger partial charge in [0.15, 0.2) is 16.8 Å². The molecule has 0 saturated heterocycles. The molecule has 3 aromatic rings. The van der Waals surface area contributed by atoms with Gasteiger partial charge in [-0.25, -0.2) is 18.6 Å². The lowest BCUT2D eigenvalue weighted by molar-refractivity contribution is -0.122. The number of para-hydroxylation sites is 1. The van der Waals surface area contributed by atoms with E-state index < -0.39 is 29.6 Å². The number of hydrogen-bond acceptors (Lipinski definition) is 4. The SMILES string of the molecule is CNC(=O)C(NC(=O)Nc1nc2ccccc2s1)c1ccc(F)c(F)c1. The zero-order chi connectivity index (χ0) is 18.7. The molecule has 0 aliphatic carbocycles. The zero-order valence-corrected chi connectivity index (χ0v) is 14.4. The van der Waals surface area contributed by atoms with Gasteiger partial charge in [-0.05, 0) is 29.8 Å².